The number of benzene rings is 6. The number of hydrogen-bond donors (Lipinski definition) is 0. The van der Waals surface area contributed by atoms with Crippen molar-refractivity contribution in [2.24, 2.45) is 0 Å². The van der Waals surface area contributed by atoms with E-state index in [-0.39, 0.29) is 23.6 Å². The number of likely N-dealkylation sites (N-methyl/N-ethyl adjacent to an activating group) is 2. The van der Waals surface area contributed by atoms with Crippen molar-refractivity contribution < 1.29 is 28.7 Å². The molecule has 0 saturated heterocycles. The van der Waals surface area contributed by atoms with Crippen LogP contribution < -0.4 is 9.47 Å². The molecule has 0 radical (unpaired) electrons. The first kappa shape index (κ1) is 38.9. The molecule has 0 fully saturated rings. The maximum Gasteiger partial charge on any atom is 0.261 e. The third kappa shape index (κ3) is 7.57. The number of rotatable bonds is 10. The van der Waals surface area contributed by atoms with E-state index >= 15 is 0 Å². The van der Waals surface area contributed by atoms with E-state index in [1.807, 2.05) is 111 Å². The molecule has 0 aliphatic carbocycles. The molecule has 10 nitrogen and oxygen atoms in total. The second kappa shape index (κ2) is 16.4. The molecule has 0 saturated carbocycles. The van der Waals surface area contributed by atoms with Crippen LogP contribution in [0.1, 0.15) is 41.4 Å². The number of carbonyl (C=O) groups is 4. The molecule has 0 unspecified atom stereocenters. The molecule has 0 spiro atoms. The van der Waals surface area contributed by atoms with Crippen molar-refractivity contribution in [1.29, 1.82) is 0 Å². The summed E-state index contributed by atoms with van der Waals surface area (Å²) in [6, 6.07) is 33.0. The summed E-state index contributed by atoms with van der Waals surface area (Å²) in [5, 5.41) is 2.73. The number of amides is 4. The molecule has 0 atom stereocenters. The van der Waals surface area contributed by atoms with Gasteiger partial charge >= 0.3 is 0 Å². The van der Waals surface area contributed by atoms with E-state index in [1.54, 1.807) is 36.4 Å². The smallest absolute Gasteiger partial charge is 0.261 e. The highest BCUT2D eigenvalue weighted by Crippen LogP contribution is 2.44. The van der Waals surface area contributed by atoms with Crippen LogP contribution in [0.5, 0.6) is 23.0 Å². The quantitative estimate of drug-likeness (QED) is 0.126. The van der Waals surface area contributed by atoms with Crippen molar-refractivity contribution in [3.05, 3.63) is 140 Å². The minimum Gasteiger partial charge on any atom is -0.457 e. The fraction of sp³-hybridized carbons (Fsp3) is 0.182. The van der Waals surface area contributed by atoms with Gasteiger partial charge in [0.1, 0.15) is 23.0 Å². The monoisotopic (exact) mass is 876 g/mol. The largest absolute Gasteiger partial charge is 0.457 e. The summed E-state index contributed by atoms with van der Waals surface area (Å²) in [4.78, 5) is 58.7. The molecule has 8 rings (SSSR count). The summed E-state index contributed by atoms with van der Waals surface area (Å²) in [7, 11) is 7.66. The van der Waals surface area contributed by atoms with Crippen LogP contribution in [0.2, 0.25) is 0 Å². The van der Waals surface area contributed by atoms with E-state index in [2.05, 4.69) is 31.9 Å². The van der Waals surface area contributed by atoms with Gasteiger partial charge in [0.05, 0.1) is 5.39 Å². The first-order chi connectivity index (χ1) is 26.9. The van der Waals surface area contributed by atoms with Gasteiger partial charge in [-0.25, -0.2) is 0 Å². The Morgan fingerprint density at radius 3 is 1.14 bits per heavy atom. The maximum absolute atomic E-state index is 13.4. The zero-order valence-corrected chi connectivity index (χ0v) is 34.4. The van der Waals surface area contributed by atoms with Crippen LogP contribution in [0.4, 0.5) is 0 Å². The van der Waals surface area contributed by atoms with Crippen LogP contribution in [0.3, 0.4) is 0 Å². The summed E-state index contributed by atoms with van der Waals surface area (Å²) in [5.41, 5.74) is 2.07. The van der Waals surface area contributed by atoms with Gasteiger partial charge in [0.2, 0.25) is 0 Å². The Labute approximate surface area is 341 Å². The van der Waals surface area contributed by atoms with Crippen molar-refractivity contribution in [3.63, 3.8) is 0 Å². The lowest BCUT2D eigenvalue weighted by Gasteiger charge is -2.29. The van der Waals surface area contributed by atoms with E-state index in [0.717, 1.165) is 19.7 Å². The van der Waals surface area contributed by atoms with E-state index < -0.39 is 0 Å². The molecule has 12 heteroatoms. The van der Waals surface area contributed by atoms with Gasteiger partial charge < -0.3 is 19.3 Å². The minimum absolute atomic E-state index is 0.227. The first-order valence-corrected chi connectivity index (χ1v) is 19.5. The van der Waals surface area contributed by atoms with Gasteiger partial charge in [0, 0.05) is 73.5 Å². The Morgan fingerprint density at radius 2 is 0.786 bits per heavy atom. The van der Waals surface area contributed by atoms with Crippen molar-refractivity contribution in [2.75, 3.05) is 54.4 Å². The van der Waals surface area contributed by atoms with Crippen molar-refractivity contribution in [1.82, 2.24) is 19.6 Å². The molecule has 284 valence electrons. The third-order valence-electron chi connectivity index (χ3n) is 9.53. The summed E-state index contributed by atoms with van der Waals surface area (Å²) in [6.07, 6.45) is 0. The lowest BCUT2D eigenvalue weighted by Crippen LogP contribution is -2.43. The SMILES string of the molecule is CN(C)CCN1C(=O)c2ccc(Br)c3c(Br)ccc(c23)C1=O.CN(C)CCN1C(=O)c2ccc(Oc3ccccc3)c3c(Oc4ccccc4)ccc(c23)C1=O. The Bertz CT molecular complexity index is 2360. The second-order valence-corrected chi connectivity index (χ2v) is 15.6. The molecule has 0 aromatic heterocycles. The minimum atomic E-state index is -0.313. The van der Waals surface area contributed by atoms with Crippen LogP contribution in [0.25, 0.3) is 21.5 Å². The van der Waals surface area contributed by atoms with Crippen molar-refractivity contribution in [2.45, 2.75) is 0 Å². The normalized spacial score (nSPS) is 13.5. The van der Waals surface area contributed by atoms with Gasteiger partial charge in [0.25, 0.3) is 23.6 Å². The fourth-order valence-corrected chi connectivity index (χ4v) is 8.09. The topological polar surface area (TPSA) is 99.7 Å². The number of ether oxygens (including phenoxy) is 2. The molecule has 56 heavy (non-hydrogen) atoms. The van der Waals surface area contributed by atoms with Gasteiger partial charge in [-0.3, -0.25) is 29.0 Å². The molecule has 2 aliphatic heterocycles. The summed E-state index contributed by atoms with van der Waals surface area (Å²) >= 11 is 7.00. The van der Waals surface area contributed by atoms with Gasteiger partial charge in [0.15, 0.2) is 0 Å². The highest BCUT2D eigenvalue weighted by atomic mass is 79.9. The Hall–Kier alpha value is -5.40. The summed E-state index contributed by atoms with van der Waals surface area (Å²) in [6.45, 7) is 1.93. The van der Waals surface area contributed by atoms with Gasteiger partial charge in [-0.1, -0.05) is 68.3 Å². The summed E-state index contributed by atoms with van der Waals surface area (Å²) < 4.78 is 14.1. The van der Waals surface area contributed by atoms with E-state index in [9.17, 15) is 19.2 Å². The number of carbonyl (C=O) groups excluding carboxylic acids is 4. The molecule has 0 N–H and O–H groups in total. The second-order valence-electron chi connectivity index (χ2n) is 13.9. The van der Waals surface area contributed by atoms with Crippen LogP contribution in [0.15, 0.2) is 118 Å². The maximum atomic E-state index is 13.4. The molecule has 2 heterocycles. The summed E-state index contributed by atoms with van der Waals surface area (Å²) in [5.74, 6) is 1.25. The zero-order valence-electron chi connectivity index (χ0n) is 31.2. The molecule has 4 amide bonds. The van der Waals surface area contributed by atoms with E-state index in [4.69, 9.17) is 9.47 Å². The molecular weight excluding hydrogens is 840 g/mol. The molecule has 2 aliphatic rings. The Morgan fingerprint density at radius 1 is 0.446 bits per heavy atom. The standard InChI is InChI=1S/C28H24N2O4.C16H14Br2N2O2/c1-29(2)17-18-30-27(31)21-13-15-23(33-19-9-5-3-6-10-19)26-24(34-20-11-7-4-8-12-20)16-14-22(25(21)26)28(30)32;1-19(2)7-8-20-15(21)9-3-5-11(17)14-12(18)6-4-10(13(9)14)16(20)22/h3-16H,17-18H2,1-2H3;3-6H,7-8H2,1-2H3. The lowest BCUT2D eigenvalue weighted by atomic mass is 9.92. The van der Waals surface area contributed by atoms with Gasteiger partial charge in [-0.05, 0) is 101 Å². The number of para-hydroxylation sites is 2. The average molecular weight is 879 g/mol. The average Bonchev–Trinajstić information content (AvgIpc) is 3.18. The number of nitrogens with zero attached hydrogens (tertiary/aromatic N) is 4. The predicted molar refractivity (Wildman–Crippen MR) is 224 cm³/mol. The van der Waals surface area contributed by atoms with Crippen LogP contribution in [-0.2, 0) is 0 Å². The highest BCUT2D eigenvalue weighted by Gasteiger charge is 2.35. The number of hydrogen-bond acceptors (Lipinski definition) is 8. The molecular formula is C44H38Br2N4O6. The Kier molecular flexibility index (Phi) is 11.4. The lowest BCUT2D eigenvalue weighted by molar-refractivity contribution is 0.0585. The van der Waals surface area contributed by atoms with Gasteiger partial charge in [-0.2, -0.15) is 0 Å². The predicted octanol–water partition coefficient (Wildman–Crippen LogP) is 9.10. The number of halogens is 2. The van der Waals surface area contributed by atoms with Crippen molar-refractivity contribution >= 4 is 77.0 Å². The Balaban J connectivity index is 0.000000189. The third-order valence-corrected chi connectivity index (χ3v) is 10.9. The van der Waals surface area contributed by atoms with Crippen LogP contribution in [0, 0.1) is 0 Å². The van der Waals surface area contributed by atoms with Crippen molar-refractivity contribution in [3.8, 4) is 23.0 Å². The highest BCUT2D eigenvalue weighted by molar-refractivity contribution is 9.11. The molecule has 6 aromatic carbocycles. The van der Waals surface area contributed by atoms with Crippen LogP contribution >= 0.6 is 31.9 Å². The van der Waals surface area contributed by atoms with Crippen LogP contribution in [-0.4, -0.2) is 97.6 Å². The van der Waals surface area contributed by atoms with E-state index in [1.165, 1.54) is 9.80 Å². The fourth-order valence-electron chi connectivity index (χ4n) is 6.73. The van der Waals surface area contributed by atoms with E-state index in [0.29, 0.717) is 82.2 Å². The number of imide groups is 2. The molecule has 6 aromatic rings. The first-order valence-electron chi connectivity index (χ1n) is 17.9. The zero-order chi connectivity index (χ0) is 39.7. The molecule has 0 bridgehead atoms. The van der Waals surface area contributed by atoms with Gasteiger partial charge in [-0.15, -0.1) is 0 Å².